The number of hydrogen-bond acceptors (Lipinski definition) is 3. The summed E-state index contributed by atoms with van der Waals surface area (Å²) in [6, 6.07) is 14.6. The molecule has 32 heavy (non-hydrogen) atoms. The molecule has 0 radical (unpaired) electrons. The van der Waals surface area contributed by atoms with Crippen molar-refractivity contribution in [2.75, 3.05) is 38.0 Å². The summed E-state index contributed by atoms with van der Waals surface area (Å²) >= 11 is 0. The average Bonchev–Trinajstić information content (AvgIpc) is 2.80. The van der Waals surface area contributed by atoms with Gasteiger partial charge in [0.1, 0.15) is 0 Å². The zero-order valence-electron chi connectivity index (χ0n) is 19.8. The summed E-state index contributed by atoms with van der Waals surface area (Å²) in [6.07, 6.45) is 2.61. The monoisotopic (exact) mass is 434 g/mol. The van der Waals surface area contributed by atoms with E-state index in [-0.39, 0.29) is 6.03 Å². The Morgan fingerprint density at radius 3 is 2.50 bits per heavy atom. The zero-order valence-corrected chi connectivity index (χ0v) is 19.8. The van der Waals surface area contributed by atoms with Crippen LogP contribution in [0.1, 0.15) is 49.4 Å². The third-order valence-corrected chi connectivity index (χ3v) is 6.01. The fourth-order valence-electron chi connectivity index (χ4n) is 4.07. The number of nitrogens with one attached hydrogen (secondary N) is 3. The average molecular weight is 435 g/mol. The van der Waals surface area contributed by atoms with Crippen molar-refractivity contribution in [3.63, 3.8) is 0 Å². The maximum atomic E-state index is 12.6. The Kier molecular flexibility index (Phi) is 8.74. The van der Waals surface area contributed by atoms with Crippen LogP contribution in [0.25, 0.3) is 5.70 Å². The number of piperazine rings is 1. The predicted octanol–water partition coefficient (Wildman–Crippen LogP) is 4.88. The summed E-state index contributed by atoms with van der Waals surface area (Å²) in [5.74, 6) is 0.561. The maximum absolute atomic E-state index is 12.6. The predicted molar refractivity (Wildman–Crippen MR) is 135 cm³/mol. The van der Waals surface area contributed by atoms with E-state index in [0.29, 0.717) is 12.5 Å². The fraction of sp³-hybridized carbons (Fsp3) is 0.444. The van der Waals surface area contributed by atoms with Gasteiger partial charge in [-0.3, -0.25) is 0 Å². The van der Waals surface area contributed by atoms with Gasteiger partial charge < -0.3 is 20.9 Å². The molecule has 3 N–H and O–H groups in total. The van der Waals surface area contributed by atoms with Crippen LogP contribution in [0.4, 0.5) is 10.5 Å². The molecule has 5 nitrogen and oxygen atoms in total. The van der Waals surface area contributed by atoms with Crippen molar-refractivity contribution in [2.24, 2.45) is 5.92 Å². The van der Waals surface area contributed by atoms with E-state index in [1.165, 1.54) is 16.7 Å². The standard InChI is InChI=1S/C27H38N4O/c1-5-23-19-26(30-27(32)29-12-11-20(2)3)24(17-22-9-7-6-8-10-22)18-25(23)21(4)31-15-13-28-14-16-31/h6-10,18-20,28H,4-5,11-17H2,1-3H3,(H2,29,30,32). The van der Waals surface area contributed by atoms with E-state index in [1.807, 2.05) is 6.07 Å². The molecular formula is C27H38N4O. The van der Waals surface area contributed by atoms with Gasteiger partial charge in [-0.25, -0.2) is 4.79 Å². The van der Waals surface area contributed by atoms with Crippen LogP contribution in [0.5, 0.6) is 0 Å². The summed E-state index contributed by atoms with van der Waals surface area (Å²) in [7, 11) is 0. The first kappa shape index (κ1) is 23.9. The largest absolute Gasteiger partial charge is 0.369 e. The van der Waals surface area contributed by atoms with Gasteiger partial charge in [-0.1, -0.05) is 57.7 Å². The van der Waals surface area contributed by atoms with Crippen molar-refractivity contribution in [3.8, 4) is 0 Å². The van der Waals surface area contributed by atoms with Crippen LogP contribution in [0.2, 0.25) is 0 Å². The second-order valence-corrected chi connectivity index (χ2v) is 8.93. The molecule has 0 aliphatic carbocycles. The molecule has 172 valence electrons. The van der Waals surface area contributed by atoms with Gasteiger partial charge in [0.2, 0.25) is 0 Å². The van der Waals surface area contributed by atoms with Crippen LogP contribution in [-0.2, 0) is 12.8 Å². The molecule has 2 aromatic rings. The van der Waals surface area contributed by atoms with Crippen LogP contribution >= 0.6 is 0 Å². The Morgan fingerprint density at radius 2 is 1.84 bits per heavy atom. The van der Waals surface area contributed by atoms with Crippen LogP contribution in [0.15, 0.2) is 49.0 Å². The van der Waals surface area contributed by atoms with E-state index in [4.69, 9.17) is 0 Å². The van der Waals surface area contributed by atoms with Crippen molar-refractivity contribution in [3.05, 3.63) is 71.3 Å². The first-order valence-electron chi connectivity index (χ1n) is 11.9. The molecule has 1 aliphatic rings. The van der Waals surface area contributed by atoms with Crippen molar-refractivity contribution in [2.45, 2.75) is 40.0 Å². The quantitative estimate of drug-likeness (QED) is 0.527. The third kappa shape index (κ3) is 6.60. The SMILES string of the molecule is C=C(c1cc(Cc2ccccc2)c(NC(=O)NCCC(C)C)cc1CC)N1CCNCC1. The lowest BCUT2D eigenvalue weighted by atomic mass is 9.94. The minimum Gasteiger partial charge on any atom is -0.369 e. The molecule has 5 heteroatoms. The number of rotatable bonds is 9. The molecule has 0 saturated carbocycles. The van der Waals surface area contributed by atoms with Gasteiger partial charge in [-0.05, 0) is 54.0 Å². The number of nitrogens with zero attached hydrogens (tertiary/aromatic N) is 1. The summed E-state index contributed by atoms with van der Waals surface area (Å²) < 4.78 is 0. The highest BCUT2D eigenvalue weighted by molar-refractivity contribution is 5.91. The molecule has 1 saturated heterocycles. The molecule has 3 rings (SSSR count). The number of aryl methyl sites for hydroxylation is 1. The number of hydrogen-bond donors (Lipinski definition) is 3. The Labute approximate surface area is 193 Å². The molecule has 0 spiro atoms. The zero-order chi connectivity index (χ0) is 22.9. The smallest absolute Gasteiger partial charge is 0.319 e. The highest BCUT2D eigenvalue weighted by Gasteiger charge is 2.18. The Bertz CT molecular complexity index is 901. The Morgan fingerprint density at radius 1 is 1.12 bits per heavy atom. The van der Waals surface area contributed by atoms with Crippen molar-refractivity contribution >= 4 is 17.4 Å². The van der Waals surface area contributed by atoms with Crippen LogP contribution in [-0.4, -0.2) is 43.7 Å². The number of urea groups is 1. The van der Waals surface area contributed by atoms with E-state index < -0.39 is 0 Å². The molecule has 1 aliphatic heterocycles. The number of benzene rings is 2. The summed E-state index contributed by atoms with van der Waals surface area (Å²) in [4.78, 5) is 15.0. The lowest BCUT2D eigenvalue weighted by Gasteiger charge is -2.32. The summed E-state index contributed by atoms with van der Waals surface area (Å²) in [5, 5.41) is 9.53. The van der Waals surface area contributed by atoms with E-state index in [0.717, 1.165) is 62.4 Å². The second kappa shape index (κ2) is 11.7. The van der Waals surface area contributed by atoms with E-state index in [1.54, 1.807) is 0 Å². The summed E-state index contributed by atoms with van der Waals surface area (Å²) in [6.45, 7) is 15.5. The van der Waals surface area contributed by atoms with Gasteiger partial charge in [0.15, 0.2) is 0 Å². The Balaban J connectivity index is 1.89. The molecule has 2 amide bonds. The summed E-state index contributed by atoms with van der Waals surface area (Å²) in [5.41, 5.74) is 6.68. The lowest BCUT2D eigenvalue weighted by Crippen LogP contribution is -2.42. The molecule has 0 bridgehead atoms. The Hall–Kier alpha value is -2.79. The van der Waals surface area contributed by atoms with Gasteiger partial charge in [0.25, 0.3) is 0 Å². The van der Waals surface area contributed by atoms with E-state index in [9.17, 15) is 4.79 Å². The van der Waals surface area contributed by atoms with Gasteiger partial charge in [0, 0.05) is 49.7 Å². The minimum absolute atomic E-state index is 0.143. The molecule has 1 fully saturated rings. The normalized spacial score (nSPS) is 13.8. The molecule has 2 aromatic carbocycles. The third-order valence-electron chi connectivity index (χ3n) is 6.01. The second-order valence-electron chi connectivity index (χ2n) is 8.93. The maximum Gasteiger partial charge on any atom is 0.319 e. The van der Waals surface area contributed by atoms with Crippen molar-refractivity contribution in [1.29, 1.82) is 0 Å². The van der Waals surface area contributed by atoms with Gasteiger partial charge >= 0.3 is 6.03 Å². The van der Waals surface area contributed by atoms with Crippen LogP contribution < -0.4 is 16.0 Å². The first-order chi connectivity index (χ1) is 15.5. The van der Waals surface area contributed by atoms with E-state index >= 15 is 0 Å². The molecule has 0 atom stereocenters. The van der Waals surface area contributed by atoms with Gasteiger partial charge in [-0.15, -0.1) is 0 Å². The number of carbonyl (C=O) groups is 1. The molecule has 0 unspecified atom stereocenters. The molecule has 0 aromatic heterocycles. The number of carbonyl (C=O) groups excluding carboxylic acids is 1. The first-order valence-corrected chi connectivity index (χ1v) is 11.9. The molecular weight excluding hydrogens is 396 g/mol. The van der Waals surface area contributed by atoms with Gasteiger partial charge in [-0.2, -0.15) is 0 Å². The highest BCUT2D eigenvalue weighted by atomic mass is 16.2. The highest BCUT2D eigenvalue weighted by Crippen LogP contribution is 2.30. The topological polar surface area (TPSA) is 56.4 Å². The van der Waals surface area contributed by atoms with Crippen molar-refractivity contribution < 1.29 is 4.79 Å². The van der Waals surface area contributed by atoms with Crippen molar-refractivity contribution in [1.82, 2.24) is 15.5 Å². The fourth-order valence-corrected chi connectivity index (χ4v) is 4.07. The lowest BCUT2D eigenvalue weighted by molar-refractivity contribution is 0.251. The number of amides is 2. The van der Waals surface area contributed by atoms with Gasteiger partial charge in [0.05, 0.1) is 0 Å². The minimum atomic E-state index is -0.143. The van der Waals surface area contributed by atoms with Crippen LogP contribution in [0, 0.1) is 5.92 Å². The van der Waals surface area contributed by atoms with E-state index in [2.05, 4.69) is 84.6 Å². The molecule has 1 heterocycles. The van der Waals surface area contributed by atoms with Crippen LogP contribution in [0.3, 0.4) is 0 Å². The number of anilines is 1.